The van der Waals surface area contributed by atoms with Crippen LogP contribution in [0.4, 0.5) is 22.7 Å². The van der Waals surface area contributed by atoms with Gasteiger partial charge in [0.05, 0.1) is 11.1 Å². The largest absolute Gasteiger partial charge is 0.406 e. The van der Waals surface area contributed by atoms with Crippen molar-refractivity contribution in [3.05, 3.63) is 61.9 Å². The van der Waals surface area contributed by atoms with Gasteiger partial charge in [-0.2, -0.15) is 18.4 Å². The lowest BCUT2D eigenvalue weighted by atomic mass is 9.94. The molecule has 1 atom stereocenters. The lowest BCUT2D eigenvalue weighted by Gasteiger charge is -2.32. The number of anilines is 1. The number of hydrogen-bond acceptors (Lipinski definition) is 6. The van der Waals surface area contributed by atoms with E-state index in [1.165, 1.54) is 24.3 Å². The molecule has 3 heterocycles. The van der Waals surface area contributed by atoms with Crippen LogP contribution in [0, 0.1) is 30.0 Å². The number of rotatable bonds is 7. The summed E-state index contributed by atoms with van der Waals surface area (Å²) in [7, 11) is 0. The Morgan fingerprint density at radius 2 is 1.94 bits per heavy atom. The molecule has 1 unspecified atom stereocenters. The Kier molecular flexibility index (Phi) is 7.76. The van der Waals surface area contributed by atoms with Gasteiger partial charge in [0, 0.05) is 18.0 Å². The van der Waals surface area contributed by atoms with Gasteiger partial charge in [0.15, 0.2) is 5.13 Å². The van der Waals surface area contributed by atoms with Crippen LogP contribution in [0.25, 0.3) is 17.0 Å². The maximum Gasteiger partial charge on any atom is 0.406 e. The monoisotopic (exact) mass is 579 g/mol. The van der Waals surface area contributed by atoms with Crippen LogP contribution < -0.4 is 15.6 Å². The van der Waals surface area contributed by atoms with E-state index in [2.05, 4.69) is 30.9 Å². The number of nitriles is 1. The van der Waals surface area contributed by atoms with Crippen molar-refractivity contribution in [1.82, 2.24) is 9.97 Å². The molecule has 3 aromatic rings. The number of pyridine rings is 1. The molecule has 2 aromatic heterocycles. The Balaban J connectivity index is 1.98. The molecule has 188 valence electrons. The van der Waals surface area contributed by atoms with Gasteiger partial charge in [-0.05, 0) is 65.2 Å². The number of halogens is 5. The predicted octanol–water partition coefficient (Wildman–Crippen LogP) is 5.90. The van der Waals surface area contributed by atoms with E-state index in [1.807, 2.05) is 19.9 Å². The van der Waals surface area contributed by atoms with Crippen molar-refractivity contribution in [2.75, 3.05) is 18.0 Å². The van der Waals surface area contributed by atoms with E-state index < -0.39 is 18.5 Å². The number of aryl methyl sites for hydroxylation is 1. The highest BCUT2D eigenvalue weighted by molar-refractivity contribution is 9.10. The van der Waals surface area contributed by atoms with Crippen LogP contribution in [0.15, 0.2) is 39.9 Å². The fourth-order valence-corrected chi connectivity index (χ4v) is 5.67. The maximum absolute atomic E-state index is 14.0. The average molecular weight is 580 g/mol. The number of benzene rings is 1. The number of aromatic nitrogens is 2. The lowest BCUT2D eigenvalue weighted by molar-refractivity contribution is -0.118. The molecule has 0 saturated heterocycles. The highest BCUT2D eigenvalue weighted by atomic mass is 79.9. The van der Waals surface area contributed by atoms with Gasteiger partial charge in [-0.3, -0.25) is 4.99 Å². The van der Waals surface area contributed by atoms with E-state index in [1.54, 1.807) is 6.07 Å². The molecule has 0 amide bonds. The molecule has 0 N–H and O–H groups in total. The van der Waals surface area contributed by atoms with Crippen molar-refractivity contribution in [3.63, 3.8) is 0 Å². The Morgan fingerprint density at radius 3 is 2.58 bits per heavy atom. The Morgan fingerprint density at radius 1 is 1.22 bits per heavy atom. The molecule has 0 bridgehead atoms. The molecule has 0 fully saturated rings. The first-order chi connectivity index (χ1) is 17.1. The molecule has 36 heavy (non-hydrogen) atoms. The molecule has 0 spiro atoms. The standard InChI is InChI=1S/C25H22BrF4N5S/c1-3-4-5-16-12-32-20-14(2)10-19(26)33-22(20)23(16)35(13-25(28,29)30)24-34-21(18(11-31)36-24)15-6-8-17(27)9-7-15/h6-10,16H,3-5,12-13H2,1-2H3. The number of hydrogen-bond donors (Lipinski definition) is 0. The van der Waals surface area contributed by atoms with Crippen molar-refractivity contribution in [3.8, 4) is 17.3 Å². The quantitative estimate of drug-likeness (QED) is 0.258. The third kappa shape index (κ3) is 5.60. The minimum atomic E-state index is -4.55. The second-order valence-corrected chi connectivity index (χ2v) is 10.3. The van der Waals surface area contributed by atoms with Gasteiger partial charge in [0.1, 0.15) is 39.0 Å². The van der Waals surface area contributed by atoms with Gasteiger partial charge < -0.3 is 4.90 Å². The zero-order chi connectivity index (χ0) is 26.0. The smallest absolute Gasteiger partial charge is 0.310 e. The minimum Gasteiger partial charge on any atom is -0.310 e. The van der Waals surface area contributed by atoms with Gasteiger partial charge in [-0.15, -0.1) is 0 Å². The van der Waals surface area contributed by atoms with E-state index in [-0.39, 0.29) is 21.6 Å². The second kappa shape index (κ2) is 10.6. The van der Waals surface area contributed by atoms with Crippen molar-refractivity contribution in [2.45, 2.75) is 39.3 Å². The molecule has 11 heteroatoms. The van der Waals surface area contributed by atoms with Gasteiger partial charge >= 0.3 is 6.18 Å². The molecule has 0 aliphatic carbocycles. The van der Waals surface area contributed by atoms with Crippen molar-refractivity contribution < 1.29 is 17.6 Å². The summed E-state index contributed by atoms with van der Waals surface area (Å²) in [6.07, 6.45) is -2.22. The normalized spacial score (nSPS) is 15.3. The number of alkyl halides is 3. The molecule has 1 aliphatic rings. The van der Waals surface area contributed by atoms with Crippen LogP contribution in [-0.4, -0.2) is 29.2 Å². The summed E-state index contributed by atoms with van der Waals surface area (Å²) < 4.78 is 55.9. The van der Waals surface area contributed by atoms with Gasteiger partial charge in [-0.1, -0.05) is 31.1 Å². The van der Waals surface area contributed by atoms with E-state index in [4.69, 9.17) is 0 Å². The Labute approximate surface area is 218 Å². The van der Waals surface area contributed by atoms with Crippen LogP contribution >= 0.6 is 27.3 Å². The number of thiazole rings is 1. The Hall–Kier alpha value is -2.84. The lowest BCUT2D eigenvalue weighted by Crippen LogP contribution is -2.47. The first-order valence-corrected chi connectivity index (χ1v) is 12.9. The SMILES string of the molecule is CCCCC1CN=c2c(C)cc(Br)nc2=C1N(CC(F)(F)F)c1nc(-c2ccc(F)cc2)c(C#N)s1. The minimum absolute atomic E-state index is 0.0342. The summed E-state index contributed by atoms with van der Waals surface area (Å²) in [6.45, 7) is 2.91. The molecular formula is C25H22BrF4N5S. The molecule has 0 radical (unpaired) electrons. The first kappa shape index (κ1) is 26.2. The summed E-state index contributed by atoms with van der Waals surface area (Å²) in [5.41, 5.74) is 1.87. The van der Waals surface area contributed by atoms with Crippen LogP contribution in [0.2, 0.25) is 0 Å². The van der Waals surface area contributed by atoms with Gasteiger partial charge in [-0.25, -0.2) is 14.4 Å². The number of nitrogens with zero attached hydrogens (tertiary/aromatic N) is 5. The van der Waals surface area contributed by atoms with Crippen molar-refractivity contribution in [2.24, 2.45) is 10.9 Å². The third-order valence-electron chi connectivity index (χ3n) is 5.85. The predicted molar refractivity (Wildman–Crippen MR) is 134 cm³/mol. The highest BCUT2D eigenvalue weighted by Gasteiger charge is 2.37. The van der Waals surface area contributed by atoms with E-state index in [0.29, 0.717) is 39.5 Å². The van der Waals surface area contributed by atoms with Crippen LogP contribution in [0.5, 0.6) is 0 Å². The fraction of sp³-hybridized carbons (Fsp3) is 0.360. The number of fused-ring (bicyclic) bond motifs is 1. The van der Waals surface area contributed by atoms with E-state index in [9.17, 15) is 22.8 Å². The molecule has 1 aliphatic heterocycles. The van der Waals surface area contributed by atoms with Crippen molar-refractivity contribution in [1.29, 1.82) is 5.26 Å². The zero-order valence-corrected chi connectivity index (χ0v) is 21.9. The van der Waals surface area contributed by atoms with Crippen LogP contribution in [0.1, 0.15) is 36.6 Å². The van der Waals surface area contributed by atoms with Gasteiger partial charge in [0.25, 0.3) is 0 Å². The van der Waals surface area contributed by atoms with Crippen LogP contribution in [0.3, 0.4) is 0 Å². The molecule has 0 saturated carbocycles. The molecule has 1 aromatic carbocycles. The second-order valence-electron chi connectivity index (χ2n) is 8.52. The fourth-order valence-electron chi connectivity index (χ4n) is 4.25. The zero-order valence-electron chi connectivity index (χ0n) is 19.5. The third-order valence-corrected chi connectivity index (χ3v) is 7.24. The molecule has 4 rings (SSSR count). The first-order valence-electron chi connectivity index (χ1n) is 11.3. The maximum atomic E-state index is 14.0. The summed E-state index contributed by atoms with van der Waals surface area (Å²) in [4.78, 5) is 15.0. The average Bonchev–Trinajstić information content (AvgIpc) is 3.25. The van der Waals surface area contributed by atoms with Crippen LogP contribution in [-0.2, 0) is 0 Å². The van der Waals surface area contributed by atoms with E-state index >= 15 is 0 Å². The topological polar surface area (TPSA) is 65.2 Å². The summed E-state index contributed by atoms with van der Waals surface area (Å²) in [6, 6.07) is 9.18. The molecular weight excluding hydrogens is 558 g/mol. The number of unbranched alkanes of at least 4 members (excludes halogenated alkanes) is 1. The highest BCUT2D eigenvalue weighted by Crippen LogP contribution is 2.38. The van der Waals surface area contributed by atoms with Gasteiger partial charge in [0.2, 0.25) is 0 Å². The summed E-state index contributed by atoms with van der Waals surface area (Å²) in [5.74, 6) is -0.764. The molecule has 5 nitrogen and oxygen atoms in total. The van der Waals surface area contributed by atoms with Crippen molar-refractivity contribution >= 4 is 38.1 Å². The Bertz CT molecular complexity index is 1430. The summed E-state index contributed by atoms with van der Waals surface area (Å²) >= 11 is 4.26. The van der Waals surface area contributed by atoms with E-state index in [0.717, 1.165) is 34.6 Å². The summed E-state index contributed by atoms with van der Waals surface area (Å²) in [5, 5.41) is 10.7.